The van der Waals surface area contributed by atoms with E-state index in [1.807, 2.05) is 12.1 Å². The van der Waals surface area contributed by atoms with Gasteiger partial charge in [0.15, 0.2) is 0 Å². The highest BCUT2D eigenvalue weighted by atomic mass is 16.5. The van der Waals surface area contributed by atoms with Gasteiger partial charge in [0.2, 0.25) is 0 Å². The van der Waals surface area contributed by atoms with E-state index >= 15 is 0 Å². The van der Waals surface area contributed by atoms with Gasteiger partial charge in [-0.1, -0.05) is 19.4 Å². The summed E-state index contributed by atoms with van der Waals surface area (Å²) < 4.78 is 14.2. The van der Waals surface area contributed by atoms with E-state index in [9.17, 15) is 4.79 Å². The number of aromatic nitrogens is 1. The van der Waals surface area contributed by atoms with Gasteiger partial charge >= 0.3 is 5.97 Å². The van der Waals surface area contributed by atoms with Crippen molar-refractivity contribution in [2.75, 3.05) is 13.2 Å². The van der Waals surface area contributed by atoms with Crippen LogP contribution in [0, 0.1) is 0 Å². The molecule has 5 nitrogen and oxygen atoms in total. The smallest absolute Gasteiger partial charge is 0.303 e. The second kappa shape index (κ2) is 9.46. The molecule has 1 aliphatic carbocycles. The highest BCUT2D eigenvalue weighted by Gasteiger charge is 2.24. The highest BCUT2D eigenvalue weighted by molar-refractivity contribution is 5.86. The molecule has 1 atom stereocenters. The monoisotopic (exact) mass is 421 g/mol. The third kappa shape index (κ3) is 4.71. The van der Waals surface area contributed by atoms with Gasteiger partial charge in [0.1, 0.15) is 11.5 Å². The average molecular weight is 422 g/mol. The summed E-state index contributed by atoms with van der Waals surface area (Å²) in [4.78, 5) is 11.0. The lowest BCUT2D eigenvalue weighted by molar-refractivity contribution is -0.137. The third-order valence-corrected chi connectivity index (χ3v) is 6.19. The van der Waals surface area contributed by atoms with Crippen molar-refractivity contribution in [3.63, 3.8) is 0 Å². The van der Waals surface area contributed by atoms with E-state index < -0.39 is 5.97 Å². The molecule has 0 saturated heterocycles. The number of benzene rings is 2. The number of hydrogen-bond donors (Lipinski definition) is 1. The lowest BCUT2D eigenvalue weighted by Crippen LogP contribution is -2.07. The van der Waals surface area contributed by atoms with Crippen LogP contribution < -0.4 is 9.47 Å². The number of ether oxygens (including phenoxy) is 2. The molecule has 0 bridgehead atoms. The fourth-order valence-electron chi connectivity index (χ4n) is 4.66. The van der Waals surface area contributed by atoms with Crippen LogP contribution in [0.5, 0.6) is 11.5 Å². The van der Waals surface area contributed by atoms with Crippen molar-refractivity contribution in [3.8, 4) is 11.5 Å². The molecule has 1 heterocycles. The summed E-state index contributed by atoms with van der Waals surface area (Å²) in [5.74, 6) is 1.23. The van der Waals surface area contributed by atoms with E-state index in [2.05, 4.69) is 49.0 Å². The maximum Gasteiger partial charge on any atom is 0.303 e. The Kier molecular flexibility index (Phi) is 6.50. The Morgan fingerprint density at radius 3 is 2.81 bits per heavy atom. The minimum absolute atomic E-state index is 0.134. The van der Waals surface area contributed by atoms with Gasteiger partial charge in [-0.3, -0.25) is 4.79 Å². The summed E-state index contributed by atoms with van der Waals surface area (Å²) >= 11 is 0. The summed E-state index contributed by atoms with van der Waals surface area (Å²) in [6, 6.07) is 12.5. The van der Waals surface area contributed by atoms with Crippen molar-refractivity contribution in [3.05, 3.63) is 59.3 Å². The summed E-state index contributed by atoms with van der Waals surface area (Å²) in [6.45, 7) is 3.40. The Morgan fingerprint density at radius 2 is 2.00 bits per heavy atom. The molecule has 164 valence electrons. The second-order valence-corrected chi connectivity index (χ2v) is 8.40. The van der Waals surface area contributed by atoms with Crippen LogP contribution >= 0.6 is 0 Å². The quantitative estimate of drug-likeness (QED) is 0.440. The number of carboxylic acids is 1. The normalized spacial score (nSPS) is 15.2. The van der Waals surface area contributed by atoms with Gasteiger partial charge in [-0.05, 0) is 66.6 Å². The van der Waals surface area contributed by atoms with E-state index in [-0.39, 0.29) is 12.3 Å². The Bertz CT molecular complexity index is 1070. The molecule has 0 radical (unpaired) electrons. The standard InChI is InChI=1S/C26H31NO4/c1-3-5-23-22-12-13-27(2)24(22)10-11-25(23)31-15-4-14-30-20-8-9-21-18(16-20)6-7-19(21)17-26(28)29/h8-13,16,19H,3-7,14-15,17H2,1-2H3,(H,28,29)/t19-/m0/s1. The number of nitrogens with zero attached hydrogens (tertiary/aromatic N) is 1. The van der Waals surface area contributed by atoms with Crippen molar-refractivity contribution < 1.29 is 19.4 Å². The molecule has 0 amide bonds. The summed E-state index contributed by atoms with van der Waals surface area (Å²) in [6.07, 6.45) is 7.03. The zero-order valence-electron chi connectivity index (χ0n) is 18.4. The molecular formula is C26H31NO4. The van der Waals surface area contributed by atoms with Crippen LogP contribution in [0.2, 0.25) is 0 Å². The molecule has 1 N–H and O–H groups in total. The van der Waals surface area contributed by atoms with Gasteiger partial charge in [0.25, 0.3) is 0 Å². The number of fused-ring (bicyclic) bond motifs is 2. The predicted molar refractivity (Wildman–Crippen MR) is 122 cm³/mol. The highest BCUT2D eigenvalue weighted by Crippen LogP contribution is 2.37. The van der Waals surface area contributed by atoms with Crippen molar-refractivity contribution in [1.29, 1.82) is 0 Å². The fourth-order valence-corrected chi connectivity index (χ4v) is 4.66. The van der Waals surface area contributed by atoms with Gasteiger partial charge in [0, 0.05) is 36.1 Å². The second-order valence-electron chi connectivity index (χ2n) is 8.40. The number of aliphatic carboxylic acids is 1. The SMILES string of the molecule is CCCc1c(OCCCOc2ccc3c(c2)CC[C@H]3CC(=O)O)ccc2c1ccn2C. The van der Waals surface area contributed by atoms with E-state index in [0.29, 0.717) is 13.2 Å². The molecule has 1 aliphatic rings. The van der Waals surface area contributed by atoms with Crippen molar-refractivity contribution >= 4 is 16.9 Å². The Balaban J connectivity index is 1.30. The molecule has 0 spiro atoms. The molecule has 0 saturated carbocycles. The van der Waals surface area contributed by atoms with Crippen LogP contribution in [0.25, 0.3) is 10.9 Å². The minimum atomic E-state index is -0.730. The Hall–Kier alpha value is -2.95. The maximum atomic E-state index is 11.0. The number of rotatable bonds is 10. The van der Waals surface area contributed by atoms with E-state index in [1.165, 1.54) is 22.0 Å². The molecular weight excluding hydrogens is 390 g/mol. The van der Waals surface area contributed by atoms with Crippen LogP contribution in [0.1, 0.15) is 55.2 Å². The first kappa shape index (κ1) is 21.3. The average Bonchev–Trinajstić information content (AvgIpc) is 3.32. The van der Waals surface area contributed by atoms with Crippen LogP contribution in [0.3, 0.4) is 0 Å². The molecule has 0 fully saturated rings. The van der Waals surface area contributed by atoms with Crippen LogP contribution in [-0.2, 0) is 24.7 Å². The van der Waals surface area contributed by atoms with Gasteiger partial charge < -0.3 is 19.1 Å². The van der Waals surface area contributed by atoms with E-state index in [4.69, 9.17) is 14.6 Å². The van der Waals surface area contributed by atoms with Crippen LogP contribution in [-0.4, -0.2) is 28.9 Å². The first-order chi connectivity index (χ1) is 15.1. The molecule has 2 aromatic carbocycles. The van der Waals surface area contributed by atoms with Crippen molar-refractivity contribution in [1.82, 2.24) is 4.57 Å². The van der Waals surface area contributed by atoms with Crippen molar-refractivity contribution in [2.45, 2.75) is 51.4 Å². The molecule has 3 aromatic rings. The van der Waals surface area contributed by atoms with Crippen LogP contribution in [0.4, 0.5) is 0 Å². The Morgan fingerprint density at radius 1 is 1.16 bits per heavy atom. The number of carboxylic acid groups (broad SMARTS) is 1. The summed E-state index contributed by atoms with van der Waals surface area (Å²) in [5.41, 5.74) is 4.91. The van der Waals surface area contributed by atoms with Gasteiger partial charge in [-0.2, -0.15) is 0 Å². The lowest BCUT2D eigenvalue weighted by Gasteiger charge is -2.14. The zero-order valence-corrected chi connectivity index (χ0v) is 18.4. The summed E-state index contributed by atoms with van der Waals surface area (Å²) in [7, 11) is 2.07. The first-order valence-corrected chi connectivity index (χ1v) is 11.2. The molecule has 4 rings (SSSR count). The Labute approximate surface area is 183 Å². The molecule has 0 aliphatic heterocycles. The number of hydrogen-bond acceptors (Lipinski definition) is 3. The topological polar surface area (TPSA) is 60.7 Å². The van der Waals surface area contributed by atoms with E-state index in [0.717, 1.165) is 49.2 Å². The van der Waals surface area contributed by atoms with Gasteiger partial charge in [-0.25, -0.2) is 0 Å². The lowest BCUT2D eigenvalue weighted by atomic mass is 9.98. The van der Waals surface area contributed by atoms with Crippen LogP contribution in [0.15, 0.2) is 42.6 Å². The largest absolute Gasteiger partial charge is 0.493 e. The third-order valence-electron chi connectivity index (χ3n) is 6.19. The molecule has 31 heavy (non-hydrogen) atoms. The zero-order chi connectivity index (χ0) is 21.8. The maximum absolute atomic E-state index is 11.0. The van der Waals surface area contributed by atoms with E-state index in [1.54, 1.807) is 0 Å². The number of carbonyl (C=O) groups is 1. The number of aryl methyl sites for hydroxylation is 3. The fraction of sp³-hybridized carbons (Fsp3) is 0.423. The van der Waals surface area contributed by atoms with Crippen molar-refractivity contribution in [2.24, 2.45) is 7.05 Å². The molecule has 5 heteroatoms. The first-order valence-electron chi connectivity index (χ1n) is 11.2. The van der Waals surface area contributed by atoms with Gasteiger partial charge in [-0.15, -0.1) is 0 Å². The summed E-state index contributed by atoms with van der Waals surface area (Å²) in [5, 5.41) is 10.3. The molecule has 1 aromatic heterocycles. The predicted octanol–water partition coefficient (Wildman–Crippen LogP) is 5.48. The van der Waals surface area contributed by atoms with Gasteiger partial charge in [0.05, 0.1) is 19.6 Å². The minimum Gasteiger partial charge on any atom is -0.493 e. The molecule has 0 unspecified atom stereocenters.